The summed E-state index contributed by atoms with van der Waals surface area (Å²) < 4.78 is 0. The van der Waals surface area contributed by atoms with Gasteiger partial charge in [0, 0.05) is 0 Å². The van der Waals surface area contributed by atoms with Crippen molar-refractivity contribution in [2.45, 2.75) is 44.7 Å². The molecule has 0 N–H and O–H groups in total. The molecule has 0 aromatic rings. The number of fused-ring (bicyclic) bond motifs is 1. The van der Waals surface area contributed by atoms with E-state index in [2.05, 4.69) is 16.2 Å². The minimum atomic E-state index is 0.954. The Morgan fingerprint density at radius 2 is 1.73 bits per heavy atom. The molecule has 1 heteroatoms. The van der Waals surface area contributed by atoms with Gasteiger partial charge >= 0.3 is 0 Å². The molecule has 0 aromatic heterocycles. The Labute approximate surface area is 72.3 Å². The number of hydrogen-bond acceptors (Lipinski definition) is 0. The van der Waals surface area contributed by atoms with Crippen molar-refractivity contribution in [1.82, 2.24) is 0 Å². The van der Waals surface area contributed by atoms with Gasteiger partial charge in [-0.2, -0.15) is 0 Å². The van der Waals surface area contributed by atoms with Gasteiger partial charge in [0.2, 0.25) is 0 Å². The summed E-state index contributed by atoms with van der Waals surface area (Å²) in [7, 11) is 3.07. The van der Waals surface area contributed by atoms with E-state index < -0.39 is 0 Å². The molecule has 0 bridgehead atoms. The average Bonchev–Trinajstić information content (AvgIpc) is 2.30. The highest BCUT2D eigenvalue weighted by atomic mass is 31.0. The van der Waals surface area contributed by atoms with Crippen molar-refractivity contribution in [1.29, 1.82) is 0 Å². The number of rotatable bonds is 0. The summed E-state index contributed by atoms with van der Waals surface area (Å²) in [6.07, 6.45) is 7.52. The molecule has 0 amide bonds. The smallest absolute Gasteiger partial charge is 0.0230 e. The Bertz CT molecular complexity index is 128. The molecular weight excluding hydrogens is 151 g/mol. The van der Waals surface area contributed by atoms with Crippen LogP contribution in [0, 0.1) is 17.8 Å². The standard InChI is InChI=1S/C10H19P/c1-7-6-10(11)9-5-3-2-4-8(7)9/h7-10H,2-6,11H2,1H3. The molecule has 2 saturated carbocycles. The Balaban J connectivity index is 2.07. The van der Waals surface area contributed by atoms with Crippen LogP contribution < -0.4 is 0 Å². The van der Waals surface area contributed by atoms with E-state index in [1.807, 2.05) is 0 Å². The van der Waals surface area contributed by atoms with Gasteiger partial charge in [-0.3, -0.25) is 0 Å². The van der Waals surface area contributed by atoms with Crippen LogP contribution in [0.1, 0.15) is 39.0 Å². The molecule has 5 atom stereocenters. The highest BCUT2D eigenvalue weighted by Crippen LogP contribution is 2.48. The van der Waals surface area contributed by atoms with E-state index in [1.54, 1.807) is 0 Å². The first-order chi connectivity index (χ1) is 5.29. The van der Waals surface area contributed by atoms with Crippen molar-refractivity contribution < 1.29 is 0 Å². The second kappa shape index (κ2) is 3.05. The Hall–Kier alpha value is 0.430. The normalized spacial score (nSPS) is 50.7. The van der Waals surface area contributed by atoms with Gasteiger partial charge < -0.3 is 0 Å². The van der Waals surface area contributed by atoms with Gasteiger partial charge in [0.15, 0.2) is 0 Å². The molecular formula is C10H19P. The van der Waals surface area contributed by atoms with Gasteiger partial charge in [0.25, 0.3) is 0 Å². The van der Waals surface area contributed by atoms with E-state index in [9.17, 15) is 0 Å². The van der Waals surface area contributed by atoms with E-state index in [4.69, 9.17) is 0 Å². The Kier molecular flexibility index (Phi) is 2.23. The lowest BCUT2D eigenvalue weighted by molar-refractivity contribution is 0.240. The topological polar surface area (TPSA) is 0 Å². The highest BCUT2D eigenvalue weighted by molar-refractivity contribution is 7.17. The second-order valence-corrected chi connectivity index (χ2v) is 5.35. The van der Waals surface area contributed by atoms with Crippen LogP contribution in [0.25, 0.3) is 0 Å². The lowest BCUT2D eigenvalue weighted by atomic mass is 9.78. The lowest BCUT2D eigenvalue weighted by Crippen LogP contribution is -2.20. The third kappa shape index (κ3) is 1.35. The van der Waals surface area contributed by atoms with E-state index in [0.717, 1.165) is 23.4 Å². The van der Waals surface area contributed by atoms with Crippen LogP contribution in [0.2, 0.25) is 0 Å². The average molecular weight is 170 g/mol. The molecule has 2 aliphatic rings. The van der Waals surface area contributed by atoms with Crippen LogP contribution in [-0.2, 0) is 0 Å². The third-order valence-corrected chi connectivity index (χ3v) is 4.57. The van der Waals surface area contributed by atoms with Crippen molar-refractivity contribution in [3.8, 4) is 0 Å². The zero-order valence-electron chi connectivity index (χ0n) is 7.42. The van der Waals surface area contributed by atoms with E-state index in [1.165, 1.54) is 32.1 Å². The summed E-state index contributed by atoms with van der Waals surface area (Å²) in [5, 5.41) is 0. The van der Waals surface area contributed by atoms with E-state index in [0.29, 0.717) is 0 Å². The molecule has 2 fully saturated rings. The first kappa shape index (κ1) is 8.05. The minimum absolute atomic E-state index is 0.954. The molecule has 2 rings (SSSR count). The fourth-order valence-electron chi connectivity index (χ4n) is 3.21. The summed E-state index contributed by atoms with van der Waals surface area (Å²) in [4.78, 5) is 0. The molecule has 64 valence electrons. The van der Waals surface area contributed by atoms with Crippen LogP contribution in [0.4, 0.5) is 0 Å². The molecule has 2 aliphatic carbocycles. The molecule has 0 aliphatic heterocycles. The largest absolute Gasteiger partial charge is 0.134 e. The third-order valence-electron chi connectivity index (χ3n) is 3.80. The van der Waals surface area contributed by atoms with Crippen molar-refractivity contribution in [2.24, 2.45) is 17.8 Å². The van der Waals surface area contributed by atoms with Crippen molar-refractivity contribution in [3.05, 3.63) is 0 Å². The van der Waals surface area contributed by atoms with E-state index >= 15 is 0 Å². The predicted molar refractivity (Wildman–Crippen MR) is 52.7 cm³/mol. The molecule has 0 spiro atoms. The second-order valence-electron chi connectivity index (χ2n) is 4.49. The van der Waals surface area contributed by atoms with Crippen LogP contribution in [0.3, 0.4) is 0 Å². The van der Waals surface area contributed by atoms with Crippen LogP contribution in [-0.4, -0.2) is 5.66 Å². The molecule has 5 unspecified atom stereocenters. The van der Waals surface area contributed by atoms with Gasteiger partial charge in [0.05, 0.1) is 0 Å². The SMILES string of the molecule is CC1CC(P)C2CCCCC12. The van der Waals surface area contributed by atoms with Gasteiger partial charge in [-0.1, -0.05) is 19.8 Å². The molecule has 0 heterocycles. The van der Waals surface area contributed by atoms with Gasteiger partial charge in [-0.15, -0.1) is 9.24 Å². The molecule has 0 radical (unpaired) electrons. The summed E-state index contributed by atoms with van der Waals surface area (Å²) in [5.74, 6) is 3.18. The van der Waals surface area contributed by atoms with Gasteiger partial charge in [-0.25, -0.2) is 0 Å². The van der Waals surface area contributed by atoms with E-state index in [-0.39, 0.29) is 0 Å². The predicted octanol–water partition coefficient (Wildman–Crippen LogP) is 3.08. The van der Waals surface area contributed by atoms with Crippen LogP contribution in [0.5, 0.6) is 0 Å². The lowest BCUT2D eigenvalue weighted by Gasteiger charge is -2.29. The summed E-state index contributed by atoms with van der Waals surface area (Å²) >= 11 is 0. The van der Waals surface area contributed by atoms with Crippen LogP contribution >= 0.6 is 9.24 Å². The molecule has 0 aromatic carbocycles. The minimum Gasteiger partial charge on any atom is -0.134 e. The zero-order chi connectivity index (χ0) is 7.84. The van der Waals surface area contributed by atoms with Gasteiger partial charge in [0.1, 0.15) is 0 Å². The summed E-state index contributed by atoms with van der Waals surface area (Å²) in [6, 6.07) is 0. The summed E-state index contributed by atoms with van der Waals surface area (Å²) in [5.41, 5.74) is 0.954. The zero-order valence-corrected chi connectivity index (χ0v) is 8.58. The maximum Gasteiger partial charge on any atom is -0.0230 e. The highest BCUT2D eigenvalue weighted by Gasteiger charge is 2.39. The van der Waals surface area contributed by atoms with Crippen LogP contribution in [0.15, 0.2) is 0 Å². The fraction of sp³-hybridized carbons (Fsp3) is 1.00. The van der Waals surface area contributed by atoms with Crippen molar-refractivity contribution >= 4 is 9.24 Å². The van der Waals surface area contributed by atoms with Gasteiger partial charge in [-0.05, 0) is 42.7 Å². The number of hydrogen-bond donors (Lipinski definition) is 0. The first-order valence-electron chi connectivity index (χ1n) is 5.04. The maximum absolute atomic E-state index is 3.07. The first-order valence-corrected chi connectivity index (χ1v) is 5.71. The summed E-state index contributed by atoms with van der Waals surface area (Å²) in [6.45, 7) is 2.45. The van der Waals surface area contributed by atoms with Crippen molar-refractivity contribution in [2.75, 3.05) is 0 Å². The fourth-order valence-corrected chi connectivity index (χ4v) is 4.11. The Morgan fingerprint density at radius 3 is 2.36 bits per heavy atom. The maximum atomic E-state index is 3.07. The monoisotopic (exact) mass is 170 g/mol. The molecule has 0 nitrogen and oxygen atoms in total. The Morgan fingerprint density at radius 1 is 1.09 bits per heavy atom. The van der Waals surface area contributed by atoms with Crippen molar-refractivity contribution in [3.63, 3.8) is 0 Å². The molecule has 0 saturated heterocycles. The quantitative estimate of drug-likeness (QED) is 0.490. The molecule has 11 heavy (non-hydrogen) atoms.